The maximum atomic E-state index is 14.2. The van der Waals surface area contributed by atoms with E-state index in [0.29, 0.717) is 58.2 Å². The number of carbonyl (C=O) groups is 1. The van der Waals surface area contributed by atoms with Crippen molar-refractivity contribution in [3.05, 3.63) is 52.7 Å². The second kappa shape index (κ2) is 7.95. The molecule has 1 aliphatic carbocycles. The van der Waals surface area contributed by atoms with Crippen molar-refractivity contribution in [3.63, 3.8) is 0 Å². The SMILES string of the molecule is O=C1CCOc2c(OC3CC4(C3)CN(CCCc3cc5nncn5cc3F)C4)ccc(Cl)c21. The normalized spacial score (nSPS) is 19.8. The Labute approximate surface area is 195 Å². The summed E-state index contributed by atoms with van der Waals surface area (Å²) in [6.07, 6.45) is 6.99. The van der Waals surface area contributed by atoms with Crippen LogP contribution in [0.25, 0.3) is 5.65 Å². The van der Waals surface area contributed by atoms with Crippen molar-refractivity contribution in [3.8, 4) is 11.5 Å². The smallest absolute Gasteiger partial charge is 0.173 e. The average molecular weight is 471 g/mol. The standard InChI is InChI=1S/C24H24ClFN4O3/c25-17-3-4-20(23-22(17)19(31)5-7-32-23)33-16-9-24(10-16)12-29(13-24)6-1-2-15-8-21-28-27-14-30(21)11-18(15)26/h3-4,8,11,14,16H,1-2,5-7,9-10,12-13H2. The van der Waals surface area contributed by atoms with Crippen LogP contribution in [-0.4, -0.2) is 57.6 Å². The molecule has 0 N–H and O–H groups in total. The van der Waals surface area contributed by atoms with Crippen molar-refractivity contribution < 1.29 is 18.7 Å². The van der Waals surface area contributed by atoms with E-state index >= 15 is 0 Å². The number of nitrogens with zero attached hydrogens (tertiary/aromatic N) is 4. The van der Waals surface area contributed by atoms with Gasteiger partial charge in [0.1, 0.15) is 18.2 Å². The number of pyridine rings is 1. The Bertz CT molecular complexity index is 1230. The summed E-state index contributed by atoms with van der Waals surface area (Å²) >= 11 is 6.21. The van der Waals surface area contributed by atoms with Gasteiger partial charge in [0.15, 0.2) is 22.9 Å². The Hall–Kier alpha value is -2.71. The zero-order valence-electron chi connectivity index (χ0n) is 18.1. The predicted molar refractivity (Wildman–Crippen MR) is 120 cm³/mol. The number of rotatable bonds is 6. The van der Waals surface area contributed by atoms with Gasteiger partial charge in [0.05, 0.1) is 17.2 Å². The van der Waals surface area contributed by atoms with Gasteiger partial charge in [-0.25, -0.2) is 4.39 Å². The first kappa shape index (κ1) is 20.9. The summed E-state index contributed by atoms with van der Waals surface area (Å²) in [6, 6.07) is 5.29. The van der Waals surface area contributed by atoms with Gasteiger partial charge in [0, 0.05) is 31.1 Å². The van der Waals surface area contributed by atoms with E-state index in [1.54, 1.807) is 22.6 Å². The molecule has 172 valence electrons. The van der Waals surface area contributed by atoms with Crippen LogP contribution in [0.4, 0.5) is 4.39 Å². The Morgan fingerprint density at radius 1 is 1.30 bits per heavy atom. The van der Waals surface area contributed by atoms with Gasteiger partial charge in [-0.05, 0) is 56.0 Å². The molecule has 9 heteroatoms. The zero-order valence-corrected chi connectivity index (χ0v) is 18.9. The van der Waals surface area contributed by atoms with Gasteiger partial charge < -0.3 is 14.4 Å². The first-order chi connectivity index (χ1) is 16.0. The number of Topliss-reactive ketones (excluding diaryl/α,β-unsaturated/α-hetero) is 1. The third-order valence-electron chi connectivity index (χ3n) is 7.04. The van der Waals surface area contributed by atoms with Crippen molar-refractivity contribution >= 4 is 23.0 Å². The zero-order chi connectivity index (χ0) is 22.6. The summed E-state index contributed by atoms with van der Waals surface area (Å²) in [6.45, 7) is 3.41. The number of hydrogen-bond acceptors (Lipinski definition) is 6. The van der Waals surface area contributed by atoms with Gasteiger partial charge in [-0.3, -0.25) is 9.20 Å². The summed E-state index contributed by atoms with van der Waals surface area (Å²) in [5.41, 5.74) is 2.13. The van der Waals surface area contributed by atoms with Crippen LogP contribution in [0.2, 0.25) is 5.02 Å². The predicted octanol–water partition coefficient (Wildman–Crippen LogP) is 3.96. The molecule has 2 fully saturated rings. The number of halogens is 2. The number of hydrogen-bond donors (Lipinski definition) is 0. The maximum Gasteiger partial charge on any atom is 0.173 e. The quantitative estimate of drug-likeness (QED) is 0.543. The number of ether oxygens (including phenoxy) is 2. The fourth-order valence-corrected chi connectivity index (χ4v) is 5.72. The minimum atomic E-state index is -0.212. The lowest BCUT2D eigenvalue weighted by molar-refractivity contribution is -0.119. The highest BCUT2D eigenvalue weighted by Gasteiger charge is 2.53. The number of fused-ring (bicyclic) bond motifs is 2. The topological polar surface area (TPSA) is 69.0 Å². The fourth-order valence-electron chi connectivity index (χ4n) is 5.46. The summed E-state index contributed by atoms with van der Waals surface area (Å²) in [4.78, 5) is 14.6. The molecular weight excluding hydrogens is 447 g/mol. The van der Waals surface area contributed by atoms with E-state index in [9.17, 15) is 9.18 Å². The Kier molecular flexibility index (Phi) is 5.03. The molecule has 3 aliphatic rings. The van der Waals surface area contributed by atoms with Crippen LogP contribution in [-0.2, 0) is 6.42 Å². The summed E-state index contributed by atoms with van der Waals surface area (Å²) in [7, 11) is 0. The maximum absolute atomic E-state index is 14.2. The number of benzene rings is 1. The molecule has 1 saturated carbocycles. The van der Waals surface area contributed by atoms with Gasteiger partial charge in [0.25, 0.3) is 0 Å². The molecule has 2 aromatic heterocycles. The van der Waals surface area contributed by atoms with Gasteiger partial charge in [-0.1, -0.05) is 11.6 Å². The van der Waals surface area contributed by atoms with E-state index in [2.05, 4.69) is 15.1 Å². The molecule has 3 aromatic rings. The van der Waals surface area contributed by atoms with E-state index in [1.807, 2.05) is 0 Å². The summed E-state index contributed by atoms with van der Waals surface area (Å²) in [5, 5.41) is 8.22. The van der Waals surface area contributed by atoms with E-state index in [4.69, 9.17) is 21.1 Å². The minimum Gasteiger partial charge on any atom is -0.488 e. The van der Waals surface area contributed by atoms with E-state index in [-0.39, 0.29) is 17.7 Å². The van der Waals surface area contributed by atoms with Crippen LogP contribution in [0.3, 0.4) is 0 Å². The van der Waals surface area contributed by atoms with Crippen molar-refractivity contribution in [2.24, 2.45) is 5.41 Å². The van der Waals surface area contributed by atoms with Gasteiger partial charge in [-0.15, -0.1) is 10.2 Å². The molecule has 0 atom stereocenters. The fraction of sp³-hybridized carbons (Fsp3) is 0.458. The summed E-state index contributed by atoms with van der Waals surface area (Å²) < 4.78 is 27.7. The van der Waals surface area contributed by atoms with Gasteiger partial charge in [-0.2, -0.15) is 0 Å². The molecule has 33 heavy (non-hydrogen) atoms. The van der Waals surface area contributed by atoms with E-state index in [0.717, 1.165) is 38.9 Å². The number of ketones is 1. The number of carbonyl (C=O) groups excluding carboxylic acids is 1. The first-order valence-electron chi connectivity index (χ1n) is 11.3. The third-order valence-corrected chi connectivity index (χ3v) is 7.36. The lowest BCUT2D eigenvalue weighted by atomic mass is 9.61. The molecule has 4 heterocycles. The van der Waals surface area contributed by atoms with Crippen molar-refractivity contribution in [1.29, 1.82) is 0 Å². The second-order valence-corrected chi connectivity index (χ2v) is 9.88. The molecule has 7 nitrogen and oxygen atoms in total. The van der Waals surface area contributed by atoms with Crippen LogP contribution < -0.4 is 9.47 Å². The molecule has 2 aliphatic heterocycles. The van der Waals surface area contributed by atoms with Crippen molar-refractivity contribution in [1.82, 2.24) is 19.5 Å². The molecule has 0 radical (unpaired) electrons. The highest BCUT2D eigenvalue weighted by molar-refractivity contribution is 6.34. The van der Waals surface area contributed by atoms with Crippen molar-refractivity contribution in [2.75, 3.05) is 26.2 Å². The molecule has 1 saturated heterocycles. The minimum absolute atomic E-state index is 0.00710. The van der Waals surface area contributed by atoms with Crippen LogP contribution >= 0.6 is 11.6 Å². The monoisotopic (exact) mass is 470 g/mol. The number of aryl methyl sites for hydroxylation is 1. The van der Waals surface area contributed by atoms with Crippen LogP contribution in [0.1, 0.15) is 41.6 Å². The molecule has 0 unspecified atom stereocenters. The highest BCUT2D eigenvalue weighted by atomic mass is 35.5. The largest absolute Gasteiger partial charge is 0.488 e. The average Bonchev–Trinajstić information content (AvgIpc) is 3.19. The number of likely N-dealkylation sites (tertiary alicyclic amines) is 1. The third kappa shape index (κ3) is 3.75. The van der Waals surface area contributed by atoms with E-state index in [1.165, 1.54) is 12.5 Å². The van der Waals surface area contributed by atoms with Crippen molar-refractivity contribution in [2.45, 2.75) is 38.2 Å². The second-order valence-electron chi connectivity index (χ2n) is 9.48. The first-order valence-corrected chi connectivity index (χ1v) is 11.7. The highest BCUT2D eigenvalue weighted by Crippen LogP contribution is 2.51. The summed E-state index contributed by atoms with van der Waals surface area (Å²) in [5.74, 6) is 0.903. The van der Waals surface area contributed by atoms with Crippen LogP contribution in [0, 0.1) is 11.2 Å². The lowest BCUT2D eigenvalue weighted by Crippen LogP contribution is -2.64. The van der Waals surface area contributed by atoms with Crippen LogP contribution in [0.5, 0.6) is 11.5 Å². The Morgan fingerprint density at radius 2 is 2.15 bits per heavy atom. The Balaban J connectivity index is 0.986. The molecule has 6 rings (SSSR count). The molecular formula is C24H24ClFN4O3. The molecule has 0 bridgehead atoms. The molecule has 1 aromatic carbocycles. The van der Waals surface area contributed by atoms with Gasteiger partial charge in [0.2, 0.25) is 0 Å². The van der Waals surface area contributed by atoms with E-state index < -0.39 is 0 Å². The lowest BCUT2D eigenvalue weighted by Gasteiger charge is -2.58. The van der Waals surface area contributed by atoms with Crippen LogP contribution in [0.15, 0.2) is 30.7 Å². The number of aromatic nitrogens is 3. The molecule has 1 spiro atoms. The Morgan fingerprint density at radius 3 is 3.00 bits per heavy atom. The molecule has 0 amide bonds. The van der Waals surface area contributed by atoms with Gasteiger partial charge >= 0.3 is 0 Å².